The average Bonchev–Trinajstić information content (AvgIpc) is 2.07. The number of hydrogen-bond donors (Lipinski definition) is 1. The summed E-state index contributed by atoms with van der Waals surface area (Å²) in [4.78, 5) is 0. The Balaban J connectivity index is 2.50. The lowest BCUT2D eigenvalue weighted by atomic mass is 10.4. The minimum absolute atomic E-state index is 0.212. The van der Waals surface area contributed by atoms with Gasteiger partial charge in [-0.3, -0.25) is 0 Å². The van der Waals surface area contributed by atoms with E-state index in [2.05, 4.69) is 0 Å². The van der Waals surface area contributed by atoms with Gasteiger partial charge >= 0.3 is 0 Å². The van der Waals surface area contributed by atoms with E-state index in [9.17, 15) is 0 Å². The lowest BCUT2D eigenvalue weighted by Crippen LogP contribution is -2.23. The van der Waals surface area contributed by atoms with E-state index >= 15 is 0 Å². The molecule has 0 atom stereocenters. The van der Waals surface area contributed by atoms with Crippen LogP contribution in [-0.4, -0.2) is 11.7 Å². The van der Waals surface area contributed by atoms with Crippen molar-refractivity contribution >= 4 is 6.20 Å². The van der Waals surface area contributed by atoms with Crippen molar-refractivity contribution in [3.63, 3.8) is 0 Å². The van der Waals surface area contributed by atoms with Gasteiger partial charge in [-0.2, -0.15) is 4.57 Å². The first-order chi connectivity index (χ1) is 5.43. The third-order valence-electron chi connectivity index (χ3n) is 1.31. The maximum Gasteiger partial charge on any atom is 0.174 e. The molecule has 0 amide bonds. The van der Waals surface area contributed by atoms with Crippen molar-refractivity contribution in [1.29, 1.82) is 0 Å². The molecule has 2 nitrogen and oxygen atoms in total. The second-order valence-corrected chi connectivity index (χ2v) is 2.22. The zero-order valence-electron chi connectivity index (χ0n) is 6.35. The Morgan fingerprint density at radius 2 is 1.91 bits per heavy atom. The highest BCUT2D eigenvalue weighted by Crippen LogP contribution is 1.81. The lowest BCUT2D eigenvalue weighted by Gasteiger charge is -1.84. The normalized spacial score (nSPS) is 10.6. The van der Waals surface area contributed by atoms with Crippen molar-refractivity contribution < 1.29 is 9.67 Å². The third kappa shape index (κ3) is 2.96. The number of aromatic nitrogens is 1. The predicted octanol–water partition coefficient (Wildman–Crippen LogP) is 0.827. The Bertz CT molecular complexity index is 218. The summed E-state index contributed by atoms with van der Waals surface area (Å²) < 4.78 is 1.94. The fourth-order valence-corrected chi connectivity index (χ4v) is 0.782. The molecular formula is C9H12NO+. The zero-order valence-corrected chi connectivity index (χ0v) is 6.35. The maximum absolute atomic E-state index is 8.48. The maximum atomic E-state index is 8.48. The molecule has 1 rings (SSSR count). The van der Waals surface area contributed by atoms with Gasteiger partial charge in [-0.15, -0.1) is 0 Å². The highest BCUT2D eigenvalue weighted by Gasteiger charge is 1.87. The van der Waals surface area contributed by atoms with E-state index in [1.54, 1.807) is 0 Å². The zero-order chi connectivity index (χ0) is 7.94. The number of aliphatic hydroxyl groups is 1. The van der Waals surface area contributed by atoms with Crippen LogP contribution in [0, 0.1) is 0 Å². The van der Waals surface area contributed by atoms with Crippen LogP contribution in [0.3, 0.4) is 0 Å². The van der Waals surface area contributed by atoms with Gasteiger partial charge in [-0.1, -0.05) is 6.07 Å². The van der Waals surface area contributed by atoms with Crippen LogP contribution < -0.4 is 4.57 Å². The van der Waals surface area contributed by atoms with Gasteiger partial charge in [0.25, 0.3) is 0 Å². The van der Waals surface area contributed by atoms with Crippen LogP contribution in [0.25, 0.3) is 6.20 Å². The van der Waals surface area contributed by atoms with Crippen LogP contribution in [0.1, 0.15) is 6.42 Å². The van der Waals surface area contributed by atoms with Crippen LogP contribution in [0.4, 0.5) is 0 Å². The average molecular weight is 150 g/mol. The molecular weight excluding hydrogens is 138 g/mol. The van der Waals surface area contributed by atoms with Gasteiger partial charge in [0.15, 0.2) is 18.6 Å². The van der Waals surface area contributed by atoms with Crippen molar-refractivity contribution in [3.8, 4) is 0 Å². The van der Waals surface area contributed by atoms with Gasteiger partial charge in [0.2, 0.25) is 0 Å². The summed E-state index contributed by atoms with van der Waals surface area (Å²) in [6.45, 7) is 0.212. The van der Waals surface area contributed by atoms with Gasteiger partial charge < -0.3 is 5.11 Å². The summed E-state index contributed by atoms with van der Waals surface area (Å²) >= 11 is 0. The number of pyridine rings is 1. The Kier molecular flexibility index (Phi) is 3.35. The SMILES string of the molecule is OCCC=C[n+]1ccccc1. The fourth-order valence-electron chi connectivity index (χ4n) is 0.782. The second-order valence-electron chi connectivity index (χ2n) is 2.22. The Hall–Kier alpha value is -1.15. The van der Waals surface area contributed by atoms with E-state index in [1.165, 1.54) is 0 Å². The Morgan fingerprint density at radius 3 is 2.55 bits per heavy atom. The number of hydrogen-bond acceptors (Lipinski definition) is 1. The van der Waals surface area contributed by atoms with E-state index < -0.39 is 0 Å². The Labute approximate surface area is 66.4 Å². The summed E-state index contributed by atoms with van der Waals surface area (Å²) in [5.74, 6) is 0. The summed E-state index contributed by atoms with van der Waals surface area (Å²) in [6.07, 6.45) is 8.47. The van der Waals surface area contributed by atoms with Gasteiger partial charge in [0, 0.05) is 18.7 Å². The lowest BCUT2D eigenvalue weighted by molar-refractivity contribution is -0.568. The first kappa shape index (κ1) is 7.95. The molecule has 0 aliphatic heterocycles. The van der Waals surface area contributed by atoms with E-state index in [1.807, 2.05) is 47.4 Å². The van der Waals surface area contributed by atoms with Crippen LogP contribution in [0.2, 0.25) is 0 Å². The fraction of sp³-hybridized carbons (Fsp3) is 0.222. The van der Waals surface area contributed by atoms with Crippen LogP contribution >= 0.6 is 0 Å². The van der Waals surface area contributed by atoms with E-state index in [0.717, 1.165) is 0 Å². The molecule has 0 saturated heterocycles. The first-order valence-electron chi connectivity index (χ1n) is 3.67. The van der Waals surface area contributed by atoms with Crippen molar-refractivity contribution in [2.24, 2.45) is 0 Å². The number of nitrogens with zero attached hydrogens (tertiary/aromatic N) is 1. The molecule has 1 aromatic heterocycles. The molecule has 1 aromatic rings. The van der Waals surface area contributed by atoms with Crippen LogP contribution in [0.15, 0.2) is 36.7 Å². The molecule has 0 aliphatic carbocycles. The van der Waals surface area contributed by atoms with Crippen molar-refractivity contribution in [1.82, 2.24) is 0 Å². The highest BCUT2D eigenvalue weighted by molar-refractivity contribution is 5.06. The minimum atomic E-state index is 0.212. The summed E-state index contributed by atoms with van der Waals surface area (Å²) in [5, 5.41) is 8.48. The first-order valence-corrected chi connectivity index (χ1v) is 3.67. The molecule has 11 heavy (non-hydrogen) atoms. The molecule has 0 saturated carbocycles. The van der Waals surface area contributed by atoms with Crippen molar-refractivity contribution in [2.75, 3.05) is 6.61 Å². The monoisotopic (exact) mass is 150 g/mol. The van der Waals surface area contributed by atoms with Crippen molar-refractivity contribution in [2.45, 2.75) is 6.42 Å². The molecule has 58 valence electrons. The second kappa shape index (κ2) is 4.63. The smallest absolute Gasteiger partial charge is 0.174 e. The Morgan fingerprint density at radius 1 is 1.18 bits per heavy atom. The van der Waals surface area contributed by atoms with Crippen LogP contribution in [0.5, 0.6) is 0 Å². The highest BCUT2D eigenvalue weighted by atomic mass is 16.2. The molecule has 0 fully saturated rings. The standard InChI is InChI=1S/C9H12NO/c11-9-5-4-8-10-6-2-1-3-7-10/h1-4,6-8,11H,5,9H2/q+1. The van der Waals surface area contributed by atoms with Gasteiger partial charge in [0.05, 0.1) is 0 Å². The minimum Gasteiger partial charge on any atom is -0.396 e. The molecule has 1 N–H and O–H groups in total. The summed E-state index contributed by atoms with van der Waals surface area (Å²) in [5.41, 5.74) is 0. The van der Waals surface area contributed by atoms with E-state index in [4.69, 9.17) is 5.11 Å². The molecule has 0 radical (unpaired) electrons. The molecule has 0 aliphatic rings. The van der Waals surface area contributed by atoms with Gasteiger partial charge in [-0.05, 0) is 12.5 Å². The molecule has 0 unspecified atom stereocenters. The van der Waals surface area contributed by atoms with Gasteiger partial charge in [0.1, 0.15) is 0 Å². The molecule has 0 aromatic carbocycles. The molecule has 1 heterocycles. The molecule has 0 bridgehead atoms. The number of rotatable bonds is 3. The van der Waals surface area contributed by atoms with Crippen LogP contribution in [-0.2, 0) is 0 Å². The molecule has 0 spiro atoms. The number of aliphatic hydroxyl groups excluding tert-OH is 1. The van der Waals surface area contributed by atoms with E-state index in [-0.39, 0.29) is 6.61 Å². The summed E-state index contributed by atoms with van der Waals surface area (Å²) in [7, 11) is 0. The van der Waals surface area contributed by atoms with Gasteiger partial charge in [-0.25, -0.2) is 0 Å². The van der Waals surface area contributed by atoms with E-state index in [0.29, 0.717) is 6.42 Å². The largest absolute Gasteiger partial charge is 0.396 e. The topological polar surface area (TPSA) is 24.1 Å². The van der Waals surface area contributed by atoms with Crippen molar-refractivity contribution in [3.05, 3.63) is 36.7 Å². The summed E-state index contributed by atoms with van der Waals surface area (Å²) in [6, 6.07) is 5.89. The third-order valence-corrected chi connectivity index (χ3v) is 1.31. The predicted molar refractivity (Wildman–Crippen MR) is 43.7 cm³/mol. The molecule has 2 heteroatoms. The quantitative estimate of drug-likeness (QED) is 0.634.